The first-order valence-corrected chi connectivity index (χ1v) is 6.17. The molecule has 1 heterocycles. The van der Waals surface area contributed by atoms with E-state index in [-0.39, 0.29) is 35.6 Å². The predicted octanol–water partition coefficient (Wildman–Crippen LogP) is 2.29. The molecule has 0 aromatic heterocycles. The SMILES string of the molecule is C[C@@H]1C=C[C@@H](c2ccccc2)[C@H]2C(=O)OC(=O)[C@@H]21. The summed E-state index contributed by atoms with van der Waals surface area (Å²) in [6, 6.07) is 9.79. The highest BCUT2D eigenvalue weighted by atomic mass is 16.6. The topological polar surface area (TPSA) is 43.4 Å². The summed E-state index contributed by atoms with van der Waals surface area (Å²) in [6.45, 7) is 1.95. The fourth-order valence-electron chi connectivity index (χ4n) is 2.97. The van der Waals surface area contributed by atoms with Crippen LogP contribution in [0.5, 0.6) is 0 Å². The predicted molar refractivity (Wildman–Crippen MR) is 65.6 cm³/mol. The van der Waals surface area contributed by atoms with Crippen LogP contribution in [0, 0.1) is 17.8 Å². The van der Waals surface area contributed by atoms with Crippen LogP contribution >= 0.6 is 0 Å². The third-order valence-corrected chi connectivity index (χ3v) is 3.89. The van der Waals surface area contributed by atoms with Crippen LogP contribution in [0.4, 0.5) is 0 Å². The van der Waals surface area contributed by atoms with Crippen molar-refractivity contribution in [3.8, 4) is 0 Å². The van der Waals surface area contributed by atoms with Crippen molar-refractivity contribution in [3.05, 3.63) is 48.0 Å². The number of esters is 2. The van der Waals surface area contributed by atoms with Gasteiger partial charge in [0.2, 0.25) is 0 Å². The van der Waals surface area contributed by atoms with Crippen molar-refractivity contribution in [2.24, 2.45) is 17.8 Å². The average Bonchev–Trinajstić information content (AvgIpc) is 2.68. The van der Waals surface area contributed by atoms with E-state index in [0.717, 1.165) is 5.56 Å². The highest BCUT2D eigenvalue weighted by Gasteiger charge is 2.51. The van der Waals surface area contributed by atoms with E-state index in [9.17, 15) is 9.59 Å². The molecular formula is C15H14O3. The van der Waals surface area contributed by atoms with Crippen molar-refractivity contribution in [1.82, 2.24) is 0 Å². The van der Waals surface area contributed by atoms with Crippen LogP contribution < -0.4 is 0 Å². The zero-order valence-corrected chi connectivity index (χ0v) is 10.1. The van der Waals surface area contributed by atoms with Gasteiger partial charge in [0.25, 0.3) is 0 Å². The summed E-state index contributed by atoms with van der Waals surface area (Å²) in [5.41, 5.74) is 1.06. The lowest BCUT2D eigenvalue weighted by Gasteiger charge is -2.29. The minimum atomic E-state index is -0.380. The molecule has 0 N–H and O–H groups in total. The Labute approximate surface area is 105 Å². The maximum Gasteiger partial charge on any atom is 0.318 e. The van der Waals surface area contributed by atoms with Crippen LogP contribution in [-0.2, 0) is 14.3 Å². The molecule has 1 aliphatic heterocycles. The Morgan fingerprint density at radius 1 is 0.944 bits per heavy atom. The highest BCUT2D eigenvalue weighted by molar-refractivity contribution is 5.97. The van der Waals surface area contributed by atoms with Crippen LogP contribution in [0.2, 0.25) is 0 Å². The molecule has 1 aliphatic carbocycles. The van der Waals surface area contributed by atoms with Crippen LogP contribution in [-0.4, -0.2) is 11.9 Å². The standard InChI is InChI=1S/C15H14O3/c1-9-7-8-11(10-5-3-2-4-6-10)13-12(9)14(16)18-15(13)17/h2-9,11-13H,1H3/t9-,11+,12-,13-/m1/s1. The molecule has 18 heavy (non-hydrogen) atoms. The third kappa shape index (κ3) is 1.58. The van der Waals surface area contributed by atoms with Crippen molar-refractivity contribution in [2.45, 2.75) is 12.8 Å². The number of hydrogen-bond acceptors (Lipinski definition) is 3. The molecule has 0 radical (unpaired) electrons. The Bertz CT molecular complexity index is 518. The number of carbonyl (C=O) groups excluding carboxylic acids is 2. The van der Waals surface area contributed by atoms with Gasteiger partial charge in [0.05, 0.1) is 11.8 Å². The van der Waals surface area contributed by atoms with Gasteiger partial charge >= 0.3 is 11.9 Å². The molecule has 0 bridgehead atoms. The second-order valence-electron chi connectivity index (χ2n) is 4.97. The average molecular weight is 242 g/mol. The smallest absolute Gasteiger partial charge is 0.318 e. The van der Waals surface area contributed by atoms with Crippen LogP contribution in [0.1, 0.15) is 18.4 Å². The largest absolute Gasteiger partial charge is 0.393 e. The quantitative estimate of drug-likeness (QED) is 0.431. The number of rotatable bonds is 1. The van der Waals surface area contributed by atoms with Gasteiger partial charge < -0.3 is 4.74 Å². The van der Waals surface area contributed by atoms with Gasteiger partial charge in [-0.25, -0.2) is 0 Å². The molecule has 1 aromatic carbocycles. The minimum Gasteiger partial charge on any atom is -0.393 e. The van der Waals surface area contributed by atoms with E-state index in [1.165, 1.54) is 0 Å². The van der Waals surface area contributed by atoms with Crippen LogP contribution in [0.15, 0.2) is 42.5 Å². The Morgan fingerprint density at radius 3 is 2.33 bits per heavy atom. The molecule has 0 amide bonds. The maximum absolute atomic E-state index is 11.9. The Balaban J connectivity index is 2.04. The van der Waals surface area contributed by atoms with Crippen molar-refractivity contribution >= 4 is 11.9 Å². The van der Waals surface area contributed by atoms with Crippen molar-refractivity contribution < 1.29 is 14.3 Å². The van der Waals surface area contributed by atoms with Crippen LogP contribution in [0.25, 0.3) is 0 Å². The van der Waals surface area contributed by atoms with E-state index in [2.05, 4.69) is 0 Å². The number of allylic oxidation sites excluding steroid dienone is 2. The summed E-state index contributed by atoms with van der Waals surface area (Å²) >= 11 is 0. The molecule has 0 spiro atoms. The lowest BCUT2D eigenvalue weighted by atomic mass is 9.70. The Hall–Kier alpha value is -1.90. The van der Waals surface area contributed by atoms with Crippen molar-refractivity contribution in [1.29, 1.82) is 0 Å². The Morgan fingerprint density at radius 2 is 1.61 bits per heavy atom. The molecule has 3 rings (SSSR count). The second-order valence-corrected chi connectivity index (χ2v) is 4.97. The number of carbonyl (C=O) groups is 2. The lowest BCUT2D eigenvalue weighted by Crippen LogP contribution is -2.31. The van der Waals surface area contributed by atoms with Gasteiger partial charge in [-0.2, -0.15) is 0 Å². The molecule has 3 heteroatoms. The summed E-state index contributed by atoms with van der Waals surface area (Å²) < 4.78 is 4.81. The summed E-state index contributed by atoms with van der Waals surface area (Å²) in [7, 11) is 0. The first-order valence-electron chi connectivity index (χ1n) is 6.17. The molecular weight excluding hydrogens is 228 g/mol. The van der Waals surface area contributed by atoms with Gasteiger partial charge in [-0.15, -0.1) is 0 Å². The maximum atomic E-state index is 11.9. The van der Waals surface area contributed by atoms with Gasteiger partial charge in [0, 0.05) is 5.92 Å². The first-order chi connectivity index (χ1) is 8.68. The van der Waals surface area contributed by atoms with E-state index in [4.69, 9.17) is 4.74 Å². The molecule has 92 valence electrons. The monoisotopic (exact) mass is 242 g/mol. The van der Waals surface area contributed by atoms with E-state index >= 15 is 0 Å². The van der Waals surface area contributed by atoms with Gasteiger partial charge in [0.1, 0.15) is 0 Å². The third-order valence-electron chi connectivity index (χ3n) is 3.89. The molecule has 4 atom stereocenters. The molecule has 0 saturated carbocycles. The zero-order valence-electron chi connectivity index (χ0n) is 10.1. The molecule has 3 nitrogen and oxygen atoms in total. The van der Waals surface area contributed by atoms with Crippen molar-refractivity contribution in [2.75, 3.05) is 0 Å². The lowest BCUT2D eigenvalue weighted by molar-refractivity contribution is -0.154. The summed E-state index contributed by atoms with van der Waals surface area (Å²) in [5.74, 6) is -1.43. The molecule has 1 aromatic rings. The zero-order chi connectivity index (χ0) is 12.7. The summed E-state index contributed by atoms with van der Waals surface area (Å²) in [4.78, 5) is 23.6. The number of ether oxygens (including phenoxy) is 1. The van der Waals surface area contributed by atoms with Gasteiger partial charge in [-0.3, -0.25) is 9.59 Å². The molecule has 1 fully saturated rings. The fourth-order valence-corrected chi connectivity index (χ4v) is 2.97. The summed E-state index contributed by atoms with van der Waals surface area (Å²) in [5, 5.41) is 0. The normalized spacial score (nSPS) is 34.3. The van der Waals surface area contributed by atoms with E-state index < -0.39 is 0 Å². The molecule has 1 saturated heterocycles. The van der Waals surface area contributed by atoms with Gasteiger partial charge in [-0.05, 0) is 11.5 Å². The van der Waals surface area contributed by atoms with Crippen LogP contribution in [0.3, 0.4) is 0 Å². The highest BCUT2D eigenvalue weighted by Crippen LogP contribution is 2.44. The number of hydrogen-bond donors (Lipinski definition) is 0. The second kappa shape index (κ2) is 4.09. The summed E-state index contributed by atoms with van der Waals surface area (Å²) in [6.07, 6.45) is 4.04. The number of cyclic esters (lactones) is 2. The Kier molecular flexibility index (Phi) is 2.54. The van der Waals surface area contributed by atoms with Gasteiger partial charge in [-0.1, -0.05) is 49.4 Å². The minimum absolute atomic E-state index is 0.0497. The van der Waals surface area contributed by atoms with E-state index in [1.807, 2.05) is 49.4 Å². The molecule has 0 unspecified atom stereocenters. The fraction of sp³-hybridized carbons (Fsp3) is 0.333. The number of fused-ring (bicyclic) bond motifs is 1. The number of benzene rings is 1. The van der Waals surface area contributed by atoms with E-state index in [0.29, 0.717) is 0 Å². The first kappa shape index (κ1) is 11.2. The van der Waals surface area contributed by atoms with E-state index in [1.54, 1.807) is 0 Å². The van der Waals surface area contributed by atoms with Gasteiger partial charge in [0.15, 0.2) is 0 Å². The molecule has 2 aliphatic rings. The van der Waals surface area contributed by atoms with Crippen molar-refractivity contribution in [3.63, 3.8) is 0 Å².